The molecule has 3 N–H and O–H groups in total. The van der Waals surface area contributed by atoms with Crippen LogP contribution < -0.4 is 16.0 Å². The second-order valence-corrected chi connectivity index (χ2v) is 4.68. The number of hydrogen-bond acceptors (Lipinski definition) is 3. The minimum Gasteiger partial charge on any atom is -0.355 e. The van der Waals surface area contributed by atoms with Gasteiger partial charge in [-0.15, -0.1) is 0 Å². The molecule has 0 aromatic carbocycles. The zero-order valence-corrected chi connectivity index (χ0v) is 11.3. The van der Waals surface area contributed by atoms with E-state index in [0.717, 1.165) is 6.42 Å². The minimum absolute atomic E-state index is 0.0731. The smallest absolute Gasteiger partial charge is 0.234 e. The molecular formula is C12H25N3O2. The average molecular weight is 243 g/mol. The van der Waals surface area contributed by atoms with E-state index >= 15 is 0 Å². The molecule has 17 heavy (non-hydrogen) atoms. The molecule has 0 aliphatic rings. The van der Waals surface area contributed by atoms with Gasteiger partial charge in [0.2, 0.25) is 11.8 Å². The second-order valence-electron chi connectivity index (χ2n) is 4.68. The number of carbonyl (C=O) groups is 2. The highest BCUT2D eigenvalue weighted by Gasteiger charge is 2.06. The quantitative estimate of drug-likeness (QED) is 0.573. The van der Waals surface area contributed by atoms with Crippen molar-refractivity contribution in [3.63, 3.8) is 0 Å². The normalized spacial score (nSPS) is 12.3. The largest absolute Gasteiger partial charge is 0.355 e. The predicted molar refractivity (Wildman–Crippen MR) is 68.6 cm³/mol. The van der Waals surface area contributed by atoms with Crippen LogP contribution in [0.4, 0.5) is 0 Å². The zero-order chi connectivity index (χ0) is 13.3. The van der Waals surface area contributed by atoms with Gasteiger partial charge in [0, 0.05) is 12.6 Å². The molecule has 0 fully saturated rings. The second kappa shape index (κ2) is 8.98. The average Bonchev–Trinajstić information content (AvgIpc) is 2.26. The van der Waals surface area contributed by atoms with Crippen molar-refractivity contribution in [2.45, 2.75) is 40.2 Å². The lowest BCUT2D eigenvalue weighted by atomic mass is 10.2. The Morgan fingerprint density at radius 1 is 1.06 bits per heavy atom. The molecule has 0 saturated carbocycles. The summed E-state index contributed by atoms with van der Waals surface area (Å²) in [6.45, 7) is 9.06. The van der Waals surface area contributed by atoms with Crippen LogP contribution in [0.1, 0.15) is 34.1 Å². The van der Waals surface area contributed by atoms with Crippen LogP contribution in [-0.4, -0.2) is 37.5 Å². The predicted octanol–water partition coefficient (Wildman–Crippen LogP) is 0.263. The first-order valence-electron chi connectivity index (χ1n) is 6.22. The zero-order valence-electron chi connectivity index (χ0n) is 11.3. The van der Waals surface area contributed by atoms with E-state index in [2.05, 4.69) is 16.0 Å². The van der Waals surface area contributed by atoms with Crippen LogP contribution in [0.25, 0.3) is 0 Å². The number of hydrogen-bond donors (Lipinski definition) is 3. The molecule has 0 aromatic rings. The summed E-state index contributed by atoms with van der Waals surface area (Å²) in [5.41, 5.74) is 0. The fraction of sp³-hybridized carbons (Fsp3) is 0.833. The van der Waals surface area contributed by atoms with Crippen molar-refractivity contribution in [1.29, 1.82) is 0 Å². The molecule has 5 heteroatoms. The summed E-state index contributed by atoms with van der Waals surface area (Å²) in [7, 11) is 0. The number of nitrogens with one attached hydrogen (secondary N) is 3. The molecular weight excluding hydrogens is 218 g/mol. The maximum Gasteiger partial charge on any atom is 0.234 e. The molecule has 0 saturated heterocycles. The van der Waals surface area contributed by atoms with Crippen LogP contribution in [0.15, 0.2) is 0 Å². The first-order chi connectivity index (χ1) is 7.95. The fourth-order valence-electron chi connectivity index (χ4n) is 1.10. The molecule has 1 atom stereocenters. The maximum absolute atomic E-state index is 11.4. The Morgan fingerprint density at radius 2 is 1.65 bits per heavy atom. The Balaban J connectivity index is 3.55. The van der Waals surface area contributed by atoms with E-state index in [9.17, 15) is 9.59 Å². The fourth-order valence-corrected chi connectivity index (χ4v) is 1.10. The summed E-state index contributed by atoms with van der Waals surface area (Å²) in [5.74, 6) is 0.290. The van der Waals surface area contributed by atoms with Gasteiger partial charge in [-0.25, -0.2) is 0 Å². The number of rotatable bonds is 8. The topological polar surface area (TPSA) is 70.2 Å². The molecule has 0 aromatic heterocycles. The van der Waals surface area contributed by atoms with Crippen LogP contribution in [0, 0.1) is 5.92 Å². The molecule has 1 unspecified atom stereocenters. The molecule has 0 aliphatic heterocycles. The van der Waals surface area contributed by atoms with Crippen LogP contribution >= 0.6 is 0 Å². The van der Waals surface area contributed by atoms with E-state index in [1.807, 2.05) is 27.7 Å². The van der Waals surface area contributed by atoms with Crippen molar-refractivity contribution < 1.29 is 9.59 Å². The first-order valence-corrected chi connectivity index (χ1v) is 6.22. The van der Waals surface area contributed by atoms with E-state index in [0.29, 0.717) is 12.5 Å². The van der Waals surface area contributed by atoms with E-state index in [1.165, 1.54) is 0 Å². The molecule has 0 spiro atoms. The Labute approximate surface area is 104 Å². The number of amides is 2. The van der Waals surface area contributed by atoms with Crippen molar-refractivity contribution in [3.8, 4) is 0 Å². The molecule has 2 amide bonds. The van der Waals surface area contributed by atoms with E-state index in [1.54, 1.807) is 0 Å². The first kappa shape index (κ1) is 15.9. The lowest BCUT2D eigenvalue weighted by Crippen LogP contribution is -2.42. The van der Waals surface area contributed by atoms with Gasteiger partial charge in [-0.1, -0.05) is 20.8 Å². The van der Waals surface area contributed by atoms with E-state index in [-0.39, 0.29) is 30.9 Å². The summed E-state index contributed by atoms with van der Waals surface area (Å²) < 4.78 is 0. The Morgan fingerprint density at radius 3 is 2.18 bits per heavy atom. The van der Waals surface area contributed by atoms with Crippen LogP contribution in [0.3, 0.4) is 0 Å². The Bertz CT molecular complexity index is 242. The summed E-state index contributed by atoms with van der Waals surface area (Å²) in [6.07, 6.45) is 0.903. The van der Waals surface area contributed by atoms with Gasteiger partial charge in [0.25, 0.3) is 0 Å². The van der Waals surface area contributed by atoms with Gasteiger partial charge in [0.15, 0.2) is 0 Å². The molecule has 5 nitrogen and oxygen atoms in total. The molecule has 0 rings (SSSR count). The van der Waals surface area contributed by atoms with Gasteiger partial charge >= 0.3 is 0 Å². The van der Waals surface area contributed by atoms with Crippen LogP contribution in [0.2, 0.25) is 0 Å². The van der Waals surface area contributed by atoms with Gasteiger partial charge < -0.3 is 10.6 Å². The highest BCUT2D eigenvalue weighted by molar-refractivity contribution is 5.81. The molecule has 0 aliphatic carbocycles. The molecule has 0 bridgehead atoms. The van der Waals surface area contributed by atoms with Crippen molar-refractivity contribution in [3.05, 3.63) is 0 Å². The molecule has 0 radical (unpaired) electrons. The van der Waals surface area contributed by atoms with Crippen molar-refractivity contribution >= 4 is 11.8 Å². The summed E-state index contributed by atoms with van der Waals surface area (Å²) in [4.78, 5) is 22.7. The third-order valence-corrected chi connectivity index (χ3v) is 2.30. The molecule has 100 valence electrons. The van der Waals surface area contributed by atoms with Crippen molar-refractivity contribution in [2.75, 3.05) is 19.6 Å². The SMILES string of the molecule is CCC(C)NC(=O)CNCC(=O)NCC(C)C. The summed E-state index contributed by atoms with van der Waals surface area (Å²) >= 11 is 0. The van der Waals surface area contributed by atoms with Gasteiger partial charge in [0.05, 0.1) is 13.1 Å². The monoisotopic (exact) mass is 243 g/mol. The number of carbonyl (C=O) groups excluding carboxylic acids is 2. The van der Waals surface area contributed by atoms with Crippen LogP contribution in [-0.2, 0) is 9.59 Å². The third-order valence-electron chi connectivity index (χ3n) is 2.30. The summed E-state index contributed by atoms with van der Waals surface area (Å²) in [6, 6.07) is 0.180. The standard InChI is InChI=1S/C12H25N3O2/c1-5-10(4)15-12(17)8-13-7-11(16)14-6-9(2)3/h9-10,13H,5-8H2,1-4H3,(H,14,16)(H,15,17). The van der Waals surface area contributed by atoms with Crippen molar-refractivity contribution in [2.24, 2.45) is 5.92 Å². The van der Waals surface area contributed by atoms with Gasteiger partial charge in [-0.3, -0.25) is 14.9 Å². The Kier molecular flexibility index (Phi) is 8.40. The Hall–Kier alpha value is -1.10. The van der Waals surface area contributed by atoms with E-state index in [4.69, 9.17) is 0 Å². The lowest BCUT2D eigenvalue weighted by molar-refractivity contribution is -0.121. The third kappa shape index (κ3) is 9.81. The molecule has 0 heterocycles. The van der Waals surface area contributed by atoms with E-state index < -0.39 is 0 Å². The van der Waals surface area contributed by atoms with Gasteiger partial charge in [0.1, 0.15) is 0 Å². The maximum atomic E-state index is 11.4. The minimum atomic E-state index is -0.0740. The highest BCUT2D eigenvalue weighted by Crippen LogP contribution is 1.87. The van der Waals surface area contributed by atoms with Crippen LogP contribution in [0.5, 0.6) is 0 Å². The van der Waals surface area contributed by atoms with Gasteiger partial charge in [-0.2, -0.15) is 0 Å². The summed E-state index contributed by atoms with van der Waals surface area (Å²) in [5, 5.41) is 8.41. The highest BCUT2D eigenvalue weighted by atomic mass is 16.2. The lowest BCUT2D eigenvalue weighted by Gasteiger charge is -2.12. The van der Waals surface area contributed by atoms with Gasteiger partial charge in [-0.05, 0) is 19.3 Å². The van der Waals surface area contributed by atoms with Crippen molar-refractivity contribution in [1.82, 2.24) is 16.0 Å².